The lowest BCUT2D eigenvalue weighted by molar-refractivity contribution is 0.0955. The summed E-state index contributed by atoms with van der Waals surface area (Å²) >= 11 is 0. The first-order valence-electron chi connectivity index (χ1n) is 12.9. The second-order valence-electron chi connectivity index (χ2n) is 11.3. The molecule has 2 aliphatic heterocycles. The number of amides is 1. The molecule has 4 rings (SSSR count). The summed E-state index contributed by atoms with van der Waals surface area (Å²) in [5.74, 6) is 0.640. The monoisotopic (exact) mass is 521 g/mol. The predicted octanol–water partition coefficient (Wildman–Crippen LogP) is 3.01. The Hall–Kier alpha value is -3.59. The minimum Gasteiger partial charge on any atom is -0.494 e. The molecule has 9 heteroatoms. The quantitative estimate of drug-likeness (QED) is 0.481. The number of amidine groups is 1. The van der Waals surface area contributed by atoms with E-state index in [1.165, 1.54) is 0 Å². The van der Waals surface area contributed by atoms with Gasteiger partial charge in [-0.1, -0.05) is 20.8 Å². The highest BCUT2D eigenvalue weighted by Crippen LogP contribution is 2.41. The van der Waals surface area contributed by atoms with Crippen LogP contribution in [0.15, 0.2) is 24.3 Å². The average Bonchev–Trinajstić information content (AvgIpc) is 3.43. The molecule has 0 spiro atoms. The molecular formula is C29H39N5O4. The van der Waals surface area contributed by atoms with Gasteiger partial charge in [0.15, 0.2) is 5.78 Å². The number of ether oxygens (including phenoxy) is 1. The van der Waals surface area contributed by atoms with E-state index in [0.29, 0.717) is 42.7 Å². The molecule has 204 valence electrons. The first-order chi connectivity index (χ1) is 17.8. The number of fused-ring (bicyclic) bond motifs is 1. The number of nitrogens with one attached hydrogen (secondary N) is 2. The van der Waals surface area contributed by atoms with Gasteiger partial charge in [0.25, 0.3) is 5.91 Å². The highest BCUT2D eigenvalue weighted by atomic mass is 16.5. The number of rotatable bonds is 7. The number of aliphatic hydroxyl groups excluding tert-OH is 1. The SMILES string of the molecule is CNC(=O)c1cc2c(cc1N(C)C)CN(CC(=O)c1cc(N3CCC(O)C3)c(OC)c(C(C)(C)C)c1)C2=N. The highest BCUT2D eigenvalue weighted by Gasteiger charge is 2.32. The van der Waals surface area contributed by atoms with Crippen LogP contribution in [0.1, 0.15) is 64.6 Å². The molecule has 0 bridgehead atoms. The van der Waals surface area contributed by atoms with Crippen LogP contribution in [-0.4, -0.2) is 81.5 Å². The van der Waals surface area contributed by atoms with E-state index in [2.05, 4.69) is 31.0 Å². The summed E-state index contributed by atoms with van der Waals surface area (Å²) in [5, 5.41) is 21.6. The standard InChI is InChI=1S/C29H39N5O4/c1-29(2,3)22-10-17(11-24(26(22)38-7)33-9-8-19(35)15-33)25(36)16-34-14-18-12-23(32(5)6)21(28(37)31-4)13-20(18)27(34)30/h10-13,19,30,35H,8-9,14-16H2,1-7H3,(H,31,37). The smallest absolute Gasteiger partial charge is 0.253 e. The van der Waals surface area contributed by atoms with Crippen molar-refractivity contribution in [2.24, 2.45) is 0 Å². The van der Waals surface area contributed by atoms with E-state index in [1.807, 2.05) is 37.2 Å². The molecule has 0 aliphatic carbocycles. The van der Waals surface area contributed by atoms with Crippen molar-refractivity contribution in [3.8, 4) is 5.75 Å². The van der Waals surface area contributed by atoms with E-state index in [9.17, 15) is 14.7 Å². The molecule has 0 radical (unpaired) electrons. The van der Waals surface area contributed by atoms with E-state index in [-0.39, 0.29) is 29.5 Å². The third kappa shape index (κ3) is 5.07. The van der Waals surface area contributed by atoms with Crippen LogP contribution in [0.25, 0.3) is 0 Å². The van der Waals surface area contributed by atoms with Gasteiger partial charge in [-0.15, -0.1) is 0 Å². The lowest BCUT2D eigenvalue weighted by Crippen LogP contribution is -2.31. The zero-order chi connectivity index (χ0) is 27.9. The van der Waals surface area contributed by atoms with E-state index in [4.69, 9.17) is 10.1 Å². The van der Waals surface area contributed by atoms with Crippen LogP contribution in [0, 0.1) is 5.41 Å². The van der Waals surface area contributed by atoms with Crippen LogP contribution in [0.3, 0.4) is 0 Å². The van der Waals surface area contributed by atoms with Crippen LogP contribution in [0.4, 0.5) is 11.4 Å². The van der Waals surface area contributed by atoms with Crippen molar-refractivity contribution in [3.63, 3.8) is 0 Å². The Morgan fingerprint density at radius 2 is 1.92 bits per heavy atom. The Bertz CT molecular complexity index is 1280. The Kier molecular flexibility index (Phi) is 7.43. The fourth-order valence-corrected chi connectivity index (χ4v) is 5.27. The van der Waals surface area contributed by atoms with Gasteiger partial charge in [-0.3, -0.25) is 15.0 Å². The van der Waals surface area contributed by atoms with Gasteiger partial charge < -0.3 is 29.9 Å². The van der Waals surface area contributed by atoms with Gasteiger partial charge in [-0.05, 0) is 41.7 Å². The maximum atomic E-state index is 13.7. The molecule has 1 atom stereocenters. The van der Waals surface area contributed by atoms with Crippen molar-refractivity contribution in [2.45, 2.75) is 45.3 Å². The summed E-state index contributed by atoms with van der Waals surface area (Å²) in [4.78, 5) is 31.9. The van der Waals surface area contributed by atoms with Crippen molar-refractivity contribution < 1.29 is 19.4 Å². The van der Waals surface area contributed by atoms with E-state index < -0.39 is 6.10 Å². The number of benzene rings is 2. The normalized spacial score (nSPS) is 17.1. The van der Waals surface area contributed by atoms with Crippen molar-refractivity contribution >= 4 is 28.9 Å². The third-order valence-corrected chi connectivity index (χ3v) is 7.35. The largest absolute Gasteiger partial charge is 0.494 e. The number of anilines is 2. The molecule has 0 aromatic heterocycles. The number of carbonyl (C=O) groups is 2. The number of β-amino-alcohol motifs (C(OH)–C–C–N with tert-alkyl or cyclic N) is 1. The van der Waals surface area contributed by atoms with Gasteiger partial charge in [-0.2, -0.15) is 0 Å². The lowest BCUT2D eigenvalue weighted by atomic mass is 9.84. The highest BCUT2D eigenvalue weighted by molar-refractivity contribution is 6.08. The number of Topliss-reactive ketones (excluding diaryl/α,β-unsaturated/α-hetero) is 1. The first-order valence-corrected chi connectivity index (χ1v) is 12.9. The summed E-state index contributed by atoms with van der Waals surface area (Å²) in [6.07, 6.45) is 0.259. The van der Waals surface area contributed by atoms with E-state index in [0.717, 1.165) is 28.3 Å². The lowest BCUT2D eigenvalue weighted by Gasteiger charge is -2.29. The number of hydrogen-bond acceptors (Lipinski definition) is 7. The molecule has 1 amide bonds. The Morgan fingerprint density at radius 1 is 1.21 bits per heavy atom. The Balaban J connectivity index is 1.67. The first kappa shape index (κ1) is 27.4. The number of nitrogens with zero attached hydrogens (tertiary/aromatic N) is 3. The Morgan fingerprint density at radius 3 is 2.47 bits per heavy atom. The van der Waals surface area contributed by atoms with E-state index in [1.54, 1.807) is 25.1 Å². The molecular weight excluding hydrogens is 482 g/mol. The van der Waals surface area contributed by atoms with Crippen molar-refractivity contribution in [1.29, 1.82) is 5.41 Å². The molecule has 1 unspecified atom stereocenters. The maximum absolute atomic E-state index is 13.7. The van der Waals surface area contributed by atoms with Gasteiger partial charge in [0.1, 0.15) is 11.6 Å². The van der Waals surface area contributed by atoms with Gasteiger partial charge in [0.05, 0.1) is 31.0 Å². The molecule has 38 heavy (non-hydrogen) atoms. The zero-order valence-electron chi connectivity index (χ0n) is 23.4. The maximum Gasteiger partial charge on any atom is 0.253 e. The molecule has 3 N–H and O–H groups in total. The van der Waals surface area contributed by atoms with Crippen LogP contribution in [0.5, 0.6) is 5.75 Å². The third-order valence-electron chi connectivity index (χ3n) is 7.35. The minimum absolute atomic E-state index is 0.0398. The average molecular weight is 522 g/mol. The molecule has 0 saturated carbocycles. The summed E-state index contributed by atoms with van der Waals surface area (Å²) in [5.41, 5.74) is 4.86. The number of methoxy groups -OCH3 is 1. The van der Waals surface area contributed by atoms with Crippen LogP contribution >= 0.6 is 0 Å². The van der Waals surface area contributed by atoms with Crippen LogP contribution < -0.4 is 19.9 Å². The molecule has 1 saturated heterocycles. The molecule has 2 aliphatic rings. The molecule has 2 aromatic rings. The number of ketones is 1. The van der Waals surface area contributed by atoms with Crippen LogP contribution in [0.2, 0.25) is 0 Å². The molecule has 9 nitrogen and oxygen atoms in total. The summed E-state index contributed by atoms with van der Waals surface area (Å²) in [6, 6.07) is 7.44. The van der Waals surface area contributed by atoms with Gasteiger partial charge >= 0.3 is 0 Å². The van der Waals surface area contributed by atoms with Gasteiger partial charge in [-0.25, -0.2) is 0 Å². The minimum atomic E-state index is -0.410. The predicted molar refractivity (Wildman–Crippen MR) is 150 cm³/mol. The van der Waals surface area contributed by atoms with Crippen LogP contribution in [-0.2, 0) is 12.0 Å². The summed E-state index contributed by atoms with van der Waals surface area (Å²) < 4.78 is 5.83. The number of hydrogen-bond donors (Lipinski definition) is 3. The zero-order valence-corrected chi connectivity index (χ0v) is 23.4. The fourth-order valence-electron chi connectivity index (χ4n) is 5.27. The second kappa shape index (κ2) is 10.3. The topological polar surface area (TPSA) is 109 Å². The Labute approximate surface area is 224 Å². The van der Waals surface area contributed by atoms with Crippen molar-refractivity contribution in [1.82, 2.24) is 10.2 Å². The van der Waals surface area contributed by atoms with Gasteiger partial charge in [0, 0.05) is 63.2 Å². The molecule has 2 aromatic carbocycles. The number of aliphatic hydroxyl groups is 1. The van der Waals surface area contributed by atoms with E-state index >= 15 is 0 Å². The number of carbonyl (C=O) groups excluding carboxylic acids is 2. The summed E-state index contributed by atoms with van der Waals surface area (Å²) in [6.45, 7) is 7.89. The van der Waals surface area contributed by atoms with Crippen molar-refractivity contribution in [3.05, 3.63) is 52.1 Å². The molecule has 2 heterocycles. The fraction of sp³-hybridized carbons (Fsp3) is 0.483. The van der Waals surface area contributed by atoms with Crippen molar-refractivity contribution in [2.75, 3.05) is 57.7 Å². The van der Waals surface area contributed by atoms with Gasteiger partial charge in [0.2, 0.25) is 0 Å². The molecule has 1 fully saturated rings. The second-order valence-corrected chi connectivity index (χ2v) is 11.3. The summed E-state index contributed by atoms with van der Waals surface area (Å²) in [7, 11) is 6.98.